The van der Waals surface area contributed by atoms with E-state index in [2.05, 4.69) is 15.0 Å². The summed E-state index contributed by atoms with van der Waals surface area (Å²) in [7, 11) is 1.30. The van der Waals surface area contributed by atoms with Gasteiger partial charge in [-0.25, -0.2) is 4.79 Å². The summed E-state index contributed by atoms with van der Waals surface area (Å²) in [6.07, 6.45) is 0. The molecule has 0 spiro atoms. The number of hydrogen-bond donors (Lipinski definition) is 2. The number of ether oxygens (including phenoxy) is 1. The quantitative estimate of drug-likeness (QED) is 0.355. The van der Waals surface area contributed by atoms with Gasteiger partial charge in [0.25, 0.3) is 5.56 Å². The van der Waals surface area contributed by atoms with Crippen LogP contribution in [0.4, 0.5) is 11.5 Å². The molecule has 2 aromatic carbocycles. The molecule has 0 aliphatic carbocycles. The number of rotatable bonds is 6. The molecular weight excluding hydrogens is 404 g/mol. The van der Waals surface area contributed by atoms with Crippen LogP contribution >= 0.6 is 11.8 Å². The minimum Gasteiger partial charge on any atom is -0.465 e. The van der Waals surface area contributed by atoms with E-state index in [0.29, 0.717) is 16.4 Å². The van der Waals surface area contributed by atoms with Gasteiger partial charge in [-0.3, -0.25) is 14.2 Å². The van der Waals surface area contributed by atoms with Gasteiger partial charge in [-0.1, -0.05) is 23.9 Å². The first kappa shape index (κ1) is 21.1. The molecule has 0 aliphatic rings. The van der Waals surface area contributed by atoms with Crippen molar-refractivity contribution in [1.29, 1.82) is 0 Å². The maximum atomic E-state index is 12.4. The molecule has 1 amide bonds. The van der Waals surface area contributed by atoms with E-state index in [1.807, 2.05) is 31.2 Å². The van der Waals surface area contributed by atoms with Crippen molar-refractivity contribution >= 4 is 35.1 Å². The van der Waals surface area contributed by atoms with Gasteiger partial charge in [-0.05, 0) is 48.9 Å². The largest absolute Gasteiger partial charge is 0.465 e. The summed E-state index contributed by atoms with van der Waals surface area (Å²) >= 11 is 1.10. The van der Waals surface area contributed by atoms with E-state index < -0.39 is 11.5 Å². The lowest BCUT2D eigenvalue weighted by molar-refractivity contribution is -0.113. The number of hydrogen-bond acceptors (Lipinski definition) is 7. The average Bonchev–Trinajstić information content (AvgIpc) is 2.71. The van der Waals surface area contributed by atoms with E-state index in [9.17, 15) is 14.4 Å². The first-order valence-electron chi connectivity index (χ1n) is 8.95. The Morgan fingerprint density at radius 3 is 2.57 bits per heavy atom. The maximum Gasteiger partial charge on any atom is 0.337 e. The molecular formula is C21H20N4O4S. The van der Waals surface area contributed by atoms with Crippen LogP contribution in [-0.2, 0) is 9.53 Å². The third-order valence-electron chi connectivity index (χ3n) is 4.11. The first-order valence-corrected chi connectivity index (χ1v) is 9.93. The summed E-state index contributed by atoms with van der Waals surface area (Å²) < 4.78 is 6.28. The fourth-order valence-corrected chi connectivity index (χ4v) is 3.56. The van der Waals surface area contributed by atoms with Gasteiger partial charge in [0.1, 0.15) is 5.82 Å². The smallest absolute Gasteiger partial charge is 0.337 e. The van der Waals surface area contributed by atoms with Gasteiger partial charge >= 0.3 is 5.97 Å². The summed E-state index contributed by atoms with van der Waals surface area (Å²) in [6, 6.07) is 15.2. The van der Waals surface area contributed by atoms with Gasteiger partial charge < -0.3 is 15.8 Å². The molecule has 0 bridgehead atoms. The molecule has 3 rings (SSSR count). The SMILES string of the molecule is COC(=O)c1ccc(NC(=O)CSc2nc(=O)cc(N)n2-c2cccc(C)c2)cc1. The summed E-state index contributed by atoms with van der Waals surface area (Å²) in [4.78, 5) is 39.7. The van der Waals surface area contributed by atoms with E-state index in [4.69, 9.17) is 5.73 Å². The molecule has 1 heterocycles. The second kappa shape index (κ2) is 9.27. The lowest BCUT2D eigenvalue weighted by atomic mass is 10.2. The molecule has 9 heteroatoms. The van der Waals surface area contributed by atoms with Gasteiger partial charge in [-0.2, -0.15) is 4.98 Å². The van der Waals surface area contributed by atoms with Crippen molar-refractivity contribution in [3.63, 3.8) is 0 Å². The molecule has 0 aliphatic heterocycles. The summed E-state index contributed by atoms with van der Waals surface area (Å²) in [5.41, 5.74) is 8.27. The molecule has 0 saturated heterocycles. The van der Waals surface area contributed by atoms with Gasteiger partial charge in [0.15, 0.2) is 5.16 Å². The van der Waals surface area contributed by atoms with Crippen molar-refractivity contribution in [2.45, 2.75) is 12.1 Å². The molecule has 0 atom stereocenters. The van der Waals surface area contributed by atoms with Crippen molar-refractivity contribution in [2.75, 3.05) is 23.9 Å². The molecule has 0 saturated carbocycles. The lowest BCUT2D eigenvalue weighted by Crippen LogP contribution is -2.19. The highest BCUT2D eigenvalue weighted by atomic mass is 32.2. The summed E-state index contributed by atoms with van der Waals surface area (Å²) in [5.74, 6) is -0.494. The van der Waals surface area contributed by atoms with E-state index in [1.54, 1.807) is 28.8 Å². The first-order chi connectivity index (χ1) is 14.4. The Morgan fingerprint density at radius 1 is 1.17 bits per heavy atom. The zero-order valence-corrected chi connectivity index (χ0v) is 17.2. The Morgan fingerprint density at radius 2 is 1.90 bits per heavy atom. The number of carbonyl (C=O) groups excluding carboxylic acids is 2. The van der Waals surface area contributed by atoms with Gasteiger partial charge in [0.05, 0.1) is 18.4 Å². The summed E-state index contributed by atoms with van der Waals surface area (Å²) in [5, 5.41) is 3.06. The standard InChI is InChI=1S/C21H20N4O4S/c1-13-4-3-5-16(10-13)25-17(22)11-18(26)24-21(25)30-12-19(27)23-15-8-6-14(7-9-15)20(28)29-2/h3-11H,12,22H2,1-2H3,(H,23,27). The van der Waals surface area contributed by atoms with E-state index in [-0.39, 0.29) is 17.5 Å². The van der Waals surface area contributed by atoms with Crippen molar-refractivity contribution in [1.82, 2.24) is 9.55 Å². The number of nitrogens with zero attached hydrogens (tertiary/aromatic N) is 2. The number of aryl methyl sites for hydroxylation is 1. The predicted octanol–water partition coefficient (Wildman–Crippen LogP) is 2.64. The van der Waals surface area contributed by atoms with Crippen LogP contribution in [0.5, 0.6) is 0 Å². The Bertz CT molecular complexity index is 1140. The normalized spacial score (nSPS) is 10.5. The molecule has 0 radical (unpaired) electrons. The van der Waals surface area contributed by atoms with Gasteiger partial charge in [0.2, 0.25) is 5.91 Å². The van der Waals surface area contributed by atoms with Crippen molar-refractivity contribution in [3.05, 3.63) is 76.1 Å². The van der Waals surface area contributed by atoms with Crippen molar-refractivity contribution < 1.29 is 14.3 Å². The number of nitrogens with two attached hydrogens (primary N) is 1. The molecule has 30 heavy (non-hydrogen) atoms. The fraction of sp³-hybridized carbons (Fsp3) is 0.143. The van der Waals surface area contributed by atoms with Crippen LogP contribution in [0.3, 0.4) is 0 Å². The number of benzene rings is 2. The highest BCUT2D eigenvalue weighted by molar-refractivity contribution is 7.99. The predicted molar refractivity (Wildman–Crippen MR) is 116 cm³/mol. The van der Waals surface area contributed by atoms with Crippen LogP contribution in [0.15, 0.2) is 64.5 Å². The van der Waals surface area contributed by atoms with Crippen LogP contribution in [0, 0.1) is 6.92 Å². The minimum atomic E-state index is -0.474. The summed E-state index contributed by atoms with van der Waals surface area (Å²) in [6.45, 7) is 1.95. The van der Waals surface area contributed by atoms with Crippen LogP contribution in [0.1, 0.15) is 15.9 Å². The van der Waals surface area contributed by atoms with Crippen molar-refractivity contribution in [3.8, 4) is 5.69 Å². The zero-order valence-electron chi connectivity index (χ0n) is 16.4. The Balaban J connectivity index is 1.74. The maximum absolute atomic E-state index is 12.4. The average molecular weight is 424 g/mol. The number of nitrogen functional groups attached to an aromatic ring is 1. The second-order valence-electron chi connectivity index (χ2n) is 6.38. The molecule has 154 valence electrons. The number of nitrogens with one attached hydrogen (secondary N) is 1. The number of aromatic nitrogens is 2. The topological polar surface area (TPSA) is 116 Å². The van der Waals surface area contributed by atoms with E-state index in [1.165, 1.54) is 13.2 Å². The van der Waals surface area contributed by atoms with Crippen LogP contribution in [0.25, 0.3) is 5.69 Å². The van der Waals surface area contributed by atoms with Crippen molar-refractivity contribution in [2.24, 2.45) is 0 Å². The number of methoxy groups -OCH3 is 1. The minimum absolute atomic E-state index is 0.0143. The Hall–Kier alpha value is -3.59. The highest BCUT2D eigenvalue weighted by Crippen LogP contribution is 2.23. The Kier molecular flexibility index (Phi) is 6.53. The van der Waals surface area contributed by atoms with Crippen LogP contribution in [0.2, 0.25) is 0 Å². The number of anilines is 2. The third-order valence-corrected chi connectivity index (χ3v) is 5.05. The molecule has 0 unspecified atom stereocenters. The van der Waals surface area contributed by atoms with Crippen LogP contribution in [-0.4, -0.2) is 34.3 Å². The van der Waals surface area contributed by atoms with Crippen LogP contribution < -0.4 is 16.6 Å². The number of esters is 1. The monoisotopic (exact) mass is 424 g/mol. The number of thioether (sulfide) groups is 1. The zero-order chi connectivity index (χ0) is 21.7. The molecule has 3 N–H and O–H groups in total. The van der Waals surface area contributed by atoms with E-state index >= 15 is 0 Å². The molecule has 3 aromatic rings. The number of amides is 1. The lowest BCUT2D eigenvalue weighted by Gasteiger charge is -2.15. The second-order valence-corrected chi connectivity index (χ2v) is 7.32. The Labute approximate surface area is 177 Å². The number of carbonyl (C=O) groups is 2. The van der Waals surface area contributed by atoms with Gasteiger partial charge in [0, 0.05) is 17.4 Å². The van der Waals surface area contributed by atoms with E-state index in [0.717, 1.165) is 23.0 Å². The van der Waals surface area contributed by atoms with Gasteiger partial charge in [-0.15, -0.1) is 0 Å². The molecule has 8 nitrogen and oxygen atoms in total. The third kappa shape index (κ3) is 5.06. The molecule has 1 aromatic heterocycles. The fourth-order valence-electron chi connectivity index (χ4n) is 2.74. The highest BCUT2D eigenvalue weighted by Gasteiger charge is 2.13. The molecule has 0 fully saturated rings.